The second kappa shape index (κ2) is 17.4. The maximum Gasteiger partial charge on any atom is 0.407 e. The van der Waals surface area contributed by atoms with Crippen LogP contribution in [0.25, 0.3) is 33.6 Å². The fraction of sp³-hybridized carbons (Fsp3) is 0.404. The lowest BCUT2D eigenvalue weighted by Gasteiger charge is -2.34. The third-order valence-electron chi connectivity index (χ3n) is 13.2. The van der Waals surface area contributed by atoms with Gasteiger partial charge in [0.05, 0.1) is 50.1 Å². The molecule has 10 rings (SSSR count). The van der Waals surface area contributed by atoms with Crippen LogP contribution in [0.3, 0.4) is 0 Å². The van der Waals surface area contributed by atoms with Gasteiger partial charge in [-0.3, -0.25) is 9.59 Å². The number of imidazole rings is 2. The molecule has 17 nitrogen and oxygen atoms in total. The molecular formula is C47H50N8O9. The number of H-pyrrole nitrogens is 2. The first-order chi connectivity index (χ1) is 31.3. The summed E-state index contributed by atoms with van der Waals surface area (Å²) in [7, 11) is 2.58. The predicted octanol–water partition coefficient (Wildman–Crippen LogP) is 6.49. The van der Waals surface area contributed by atoms with Gasteiger partial charge in [-0.25, -0.2) is 19.6 Å². The Morgan fingerprint density at radius 3 is 1.78 bits per heavy atom. The minimum atomic E-state index is -0.907. The first-order valence-electron chi connectivity index (χ1n) is 21.9. The van der Waals surface area contributed by atoms with Crippen LogP contribution in [0.4, 0.5) is 9.59 Å². The Labute approximate surface area is 369 Å². The van der Waals surface area contributed by atoms with Gasteiger partial charge in [-0.15, -0.1) is 0 Å². The van der Waals surface area contributed by atoms with Crippen molar-refractivity contribution in [3.8, 4) is 45.1 Å². The second-order valence-electron chi connectivity index (χ2n) is 16.9. The minimum absolute atomic E-state index is 0.0511. The highest BCUT2D eigenvalue weighted by atomic mass is 16.5. The monoisotopic (exact) mass is 870 g/mol. The van der Waals surface area contributed by atoms with E-state index in [-0.39, 0.29) is 29.8 Å². The summed E-state index contributed by atoms with van der Waals surface area (Å²) in [5.41, 5.74) is 8.00. The van der Waals surface area contributed by atoms with Crippen LogP contribution in [-0.2, 0) is 37.0 Å². The van der Waals surface area contributed by atoms with Gasteiger partial charge in [0.2, 0.25) is 5.91 Å². The van der Waals surface area contributed by atoms with Gasteiger partial charge in [0, 0.05) is 59.7 Å². The number of benzene rings is 3. The highest BCUT2D eigenvalue weighted by Crippen LogP contribution is 2.51. The largest absolute Gasteiger partial charge is 0.488 e. The van der Waals surface area contributed by atoms with Crippen LogP contribution in [0.5, 0.6) is 11.5 Å². The normalized spacial score (nSPS) is 19.8. The molecule has 5 aliphatic heterocycles. The van der Waals surface area contributed by atoms with E-state index in [1.165, 1.54) is 14.2 Å². The fourth-order valence-corrected chi connectivity index (χ4v) is 10.00. The van der Waals surface area contributed by atoms with Crippen LogP contribution in [0, 0.1) is 5.92 Å². The van der Waals surface area contributed by atoms with Crippen LogP contribution in [0.15, 0.2) is 67.0 Å². The van der Waals surface area contributed by atoms with Crippen LogP contribution < -0.4 is 20.1 Å². The van der Waals surface area contributed by atoms with Crippen molar-refractivity contribution >= 4 is 24.0 Å². The number of hydrogen-bond acceptors (Lipinski definition) is 11. The molecule has 64 heavy (non-hydrogen) atoms. The number of methoxy groups -OCH3 is 2. The number of likely N-dealkylation sites (tertiary alicyclic amines) is 2. The molecule has 4 atom stereocenters. The molecule has 5 aromatic rings. The molecule has 332 valence electrons. The minimum Gasteiger partial charge on any atom is -0.488 e. The molecule has 3 fully saturated rings. The number of alkyl carbamates (subject to hydrolysis) is 2. The predicted molar refractivity (Wildman–Crippen MR) is 231 cm³/mol. The van der Waals surface area contributed by atoms with Gasteiger partial charge < -0.3 is 54.1 Å². The van der Waals surface area contributed by atoms with Gasteiger partial charge in [-0.1, -0.05) is 30.3 Å². The van der Waals surface area contributed by atoms with E-state index in [4.69, 9.17) is 33.7 Å². The maximum atomic E-state index is 14.1. The number of nitrogens with zero attached hydrogens (tertiary/aromatic N) is 4. The Morgan fingerprint density at radius 2 is 1.23 bits per heavy atom. The lowest BCUT2D eigenvalue weighted by molar-refractivity contribution is -0.137. The molecule has 4 amide bonds. The average molecular weight is 871 g/mol. The summed E-state index contributed by atoms with van der Waals surface area (Å²) >= 11 is 0. The number of aromatic nitrogens is 4. The van der Waals surface area contributed by atoms with Crippen molar-refractivity contribution in [2.24, 2.45) is 5.92 Å². The van der Waals surface area contributed by atoms with Crippen molar-refractivity contribution in [1.82, 2.24) is 40.4 Å². The van der Waals surface area contributed by atoms with E-state index in [0.717, 1.165) is 82.0 Å². The molecule has 0 bridgehead atoms. The van der Waals surface area contributed by atoms with Crippen molar-refractivity contribution in [3.63, 3.8) is 0 Å². The number of nitrogens with one attached hydrogen (secondary N) is 4. The van der Waals surface area contributed by atoms with Crippen molar-refractivity contribution < 1.29 is 42.9 Å². The van der Waals surface area contributed by atoms with E-state index >= 15 is 0 Å². The number of carbonyl (C=O) groups is 4. The Hall–Kier alpha value is -6.88. The number of amides is 4. The summed E-state index contributed by atoms with van der Waals surface area (Å²) in [6.07, 6.45) is 6.70. The number of ether oxygens (including phenoxy) is 5. The molecule has 7 heterocycles. The van der Waals surface area contributed by atoms with Crippen LogP contribution in [0.1, 0.15) is 85.0 Å². The van der Waals surface area contributed by atoms with Crippen LogP contribution >= 0.6 is 0 Å². The summed E-state index contributed by atoms with van der Waals surface area (Å²) in [6.45, 7) is 2.84. The number of aromatic amines is 2. The summed E-state index contributed by atoms with van der Waals surface area (Å²) in [4.78, 5) is 73.0. The SMILES string of the molecule is COC(=O)N[C@H](C(=O)N1CCC[C@H]1c1ncc(-c2cc3c4c(c2)OCc2cc(-c5cnc([C@@H]6CCCN6C(=O)[C@H](NC(=O)OC)c6ccccc6)[nH]5)cc(c2-4)OC3)[nH]1)C1CCOCC1. The summed E-state index contributed by atoms with van der Waals surface area (Å²) in [5.74, 6) is 2.44. The van der Waals surface area contributed by atoms with E-state index in [9.17, 15) is 19.2 Å². The molecule has 5 aliphatic rings. The Kier molecular flexibility index (Phi) is 11.2. The second-order valence-corrected chi connectivity index (χ2v) is 16.9. The van der Waals surface area contributed by atoms with Crippen molar-refractivity contribution in [1.29, 1.82) is 0 Å². The van der Waals surface area contributed by atoms with Crippen LogP contribution in [0.2, 0.25) is 0 Å². The van der Waals surface area contributed by atoms with E-state index in [0.29, 0.717) is 69.6 Å². The molecule has 0 saturated carbocycles. The van der Waals surface area contributed by atoms with Crippen LogP contribution in [-0.4, -0.2) is 100 Å². The average Bonchev–Trinajstić information content (AvgIpc) is 4.19. The zero-order chi connectivity index (χ0) is 43.9. The van der Waals surface area contributed by atoms with Crippen molar-refractivity contribution in [3.05, 3.63) is 95.3 Å². The first kappa shape index (κ1) is 41.1. The molecular weight excluding hydrogens is 821 g/mol. The van der Waals surface area contributed by atoms with E-state index in [1.807, 2.05) is 47.4 Å². The number of carbonyl (C=O) groups excluding carboxylic acids is 4. The molecule has 0 unspecified atom stereocenters. The Morgan fingerprint density at radius 1 is 0.703 bits per heavy atom. The van der Waals surface area contributed by atoms with E-state index in [2.05, 4.69) is 32.7 Å². The molecule has 2 aromatic heterocycles. The third kappa shape index (κ3) is 7.67. The third-order valence-corrected chi connectivity index (χ3v) is 13.2. The van der Waals surface area contributed by atoms with Gasteiger partial charge in [-0.05, 0) is 74.3 Å². The lowest BCUT2D eigenvalue weighted by Crippen LogP contribution is -2.53. The van der Waals surface area contributed by atoms with Gasteiger partial charge in [0.1, 0.15) is 48.4 Å². The number of hydrogen-bond donors (Lipinski definition) is 4. The fourth-order valence-electron chi connectivity index (χ4n) is 10.00. The molecule has 3 aromatic carbocycles. The highest BCUT2D eigenvalue weighted by Gasteiger charge is 2.41. The quantitative estimate of drug-likeness (QED) is 0.119. The maximum absolute atomic E-state index is 14.1. The molecule has 3 saturated heterocycles. The smallest absolute Gasteiger partial charge is 0.407 e. The molecule has 0 radical (unpaired) electrons. The van der Waals surface area contributed by atoms with Gasteiger partial charge in [-0.2, -0.15) is 0 Å². The van der Waals surface area contributed by atoms with E-state index in [1.54, 1.807) is 17.3 Å². The standard InChI is InChI=1S/C47H50N8O9/c1-60-46(58)52-40(26-8-4-3-5-9-26)44(56)54-14-6-10-34(54)42-48-22-32(50-42)28-18-30-24-64-37-21-29(19-31-25-63-36(20-28)38(30)39(31)37)33-23-49-43(51-33)35-11-7-15-55(35)45(57)41(53-47(59)61-2)27-12-16-62-17-13-27/h3-5,8-9,18-23,27,34-35,40-41H,6-7,10-17,24-25H2,1-2H3,(H,48,50)(H,49,51)(H,52,58)(H,53,59)/t34-,35-,40+,41-/m0/s1. The zero-order valence-electron chi connectivity index (χ0n) is 35.7. The molecule has 17 heteroatoms. The van der Waals surface area contributed by atoms with Crippen molar-refractivity contribution in [2.45, 2.75) is 75.9 Å². The van der Waals surface area contributed by atoms with Gasteiger partial charge in [0.25, 0.3) is 5.91 Å². The lowest BCUT2D eigenvalue weighted by atomic mass is 9.87. The summed E-state index contributed by atoms with van der Waals surface area (Å²) < 4.78 is 28.2. The molecule has 0 aliphatic carbocycles. The Balaban J connectivity index is 0.872. The van der Waals surface area contributed by atoms with Gasteiger partial charge >= 0.3 is 12.2 Å². The van der Waals surface area contributed by atoms with Gasteiger partial charge in [0.15, 0.2) is 0 Å². The zero-order valence-corrected chi connectivity index (χ0v) is 35.7. The molecule has 4 N–H and O–H groups in total. The first-order valence-corrected chi connectivity index (χ1v) is 21.9. The van der Waals surface area contributed by atoms with E-state index < -0.39 is 24.3 Å². The Bertz CT molecular complexity index is 2540. The topological polar surface area (TPSA) is 202 Å². The van der Waals surface area contributed by atoms with Crippen molar-refractivity contribution in [2.75, 3.05) is 40.5 Å². The number of rotatable bonds is 10. The highest BCUT2D eigenvalue weighted by molar-refractivity contribution is 5.90. The molecule has 0 spiro atoms. The summed E-state index contributed by atoms with van der Waals surface area (Å²) in [5, 5.41) is 5.54. The summed E-state index contributed by atoms with van der Waals surface area (Å²) in [6, 6.07) is 15.2.